The average molecular weight is 361 g/mol. The SMILES string of the molecule is Cc1ccc(C(CCO[SiH3])(c2ccc(C)cc2)c2ccc(C)cc2)cc1. The Bertz CT molecular complexity index is 722. The van der Waals surface area contributed by atoms with Gasteiger partial charge in [0.25, 0.3) is 0 Å². The van der Waals surface area contributed by atoms with Gasteiger partial charge >= 0.3 is 0 Å². The summed E-state index contributed by atoms with van der Waals surface area (Å²) in [6, 6.07) is 27.0. The number of benzene rings is 3. The van der Waals surface area contributed by atoms with Gasteiger partial charge in [-0.25, -0.2) is 0 Å². The largest absolute Gasteiger partial charge is 0.428 e. The summed E-state index contributed by atoms with van der Waals surface area (Å²) in [4.78, 5) is 0. The van der Waals surface area contributed by atoms with E-state index in [4.69, 9.17) is 4.43 Å². The van der Waals surface area contributed by atoms with Crippen LogP contribution in [0.2, 0.25) is 0 Å². The van der Waals surface area contributed by atoms with Crippen molar-refractivity contribution >= 4 is 10.5 Å². The molecule has 0 saturated heterocycles. The highest BCUT2D eigenvalue weighted by atomic mass is 28.2. The van der Waals surface area contributed by atoms with Gasteiger partial charge in [0.2, 0.25) is 0 Å². The van der Waals surface area contributed by atoms with Gasteiger partial charge in [0.15, 0.2) is 0 Å². The molecule has 0 atom stereocenters. The highest BCUT2D eigenvalue weighted by molar-refractivity contribution is 5.97. The van der Waals surface area contributed by atoms with Crippen LogP contribution in [0.3, 0.4) is 0 Å². The highest BCUT2D eigenvalue weighted by Gasteiger charge is 2.35. The van der Waals surface area contributed by atoms with Crippen LogP contribution in [0.5, 0.6) is 0 Å². The Morgan fingerprint density at radius 1 is 0.615 bits per heavy atom. The van der Waals surface area contributed by atoms with Gasteiger partial charge in [0.1, 0.15) is 10.5 Å². The maximum Gasteiger partial charge on any atom is 0.145 e. The molecule has 0 aliphatic carbocycles. The summed E-state index contributed by atoms with van der Waals surface area (Å²) in [7, 11) is 0.765. The number of rotatable bonds is 6. The van der Waals surface area contributed by atoms with E-state index in [1.807, 2.05) is 0 Å². The van der Waals surface area contributed by atoms with E-state index in [2.05, 4.69) is 93.6 Å². The van der Waals surface area contributed by atoms with Crippen LogP contribution in [0.15, 0.2) is 72.8 Å². The summed E-state index contributed by atoms with van der Waals surface area (Å²) in [5.41, 5.74) is 7.65. The van der Waals surface area contributed by atoms with Crippen molar-refractivity contribution < 1.29 is 4.43 Å². The first-order valence-electron chi connectivity index (χ1n) is 9.26. The smallest absolute Gasteiger partial charge is 0.145 e. The predicted molar refractivity (Wildman–Crippen MR) is 114 cm³/mol. The van der Waals surface area contributed by atoms with Crippen molar-refractivity contribution in [2.45, 2.75) is 32.6 Å². The van der Waals surface area contributed by atoms with E-state index in [1.165, 1.54) is 33.4 Å². The molecule has 0 fully saturated rings. The molecule has 0 heterocycles. The van der Waals surface area contributed by atoms with E-state index in [9.17, 15) is 0 Å². The Labute approximate surface area is 160 Å². The first-order chi connectivity index (χ1) is 12.6. The van der Waals surface area contributed by atoms with Gasteiger partial charge < -0.3 is 4.43 Å². The summed E-state index contributed by atoms with van der Waals surface area (Å²) < 4.78 is 5.67. The lowest BCUT2D eigenvalue weighted by atomic mass is 9.67. The fraction of sp³-hybridized carbons (Fsp3) is 0.250. The van der Waals surface area contributed by atoms with Gasteiger partial charge in [-0.15, -0.1) is 0 Å². The first-order valence-corrected chi connectivity index (χ1v) is 10.1. The van der Waals surface area contributed by atoms with Crippen LogP contribution in [0.25, 0.3) is 0 Å². The molecule has 134 valence electrons. The molecule has 3 aromatic rings. The molecule has 2 heteroatoms. The van der Waals surface area contributed by atoms with Crippen LogP contribution in [0.1, 0.15) is 39.8 Å². The lowest BCUT2D eigenvalue weighted by Gasteiger charge is -2.36. The molecule has 0 bridgehead atoms. The quantitative estimate of drug-likeness (QED) is 0.460. The standard InChI is InChI=1S/C24H28OSi/c1-18-4-10-21(11-5-18)24(16-17-25-26,22-12-6-19(2)7-13-22)23-14-8-20(3)9-15-23/h4-15H,16-17H2,1-3,26H3. The molecule has 0 N–H and O–H groups in total. The Hall–Kier alpha value is -2.16. The summed E-state index contributed by atoms with van der Waals surface area (Å²) >= 11 is 0. The van der Waals surface area contributed by atoms with Gasteiger partial charge in [-0.3, -0.25) is 0 Å². The Morgan fingerprint density at radius 2 is 0.923 bits per heavy atom. The Morgan fingerprint density at radius 3 is 1.19 bits per heavy atom. The van der Waals surface area contributed by atoms with Crippen molar-refractivity contribution in [2.75, 3.05) is 6.61 Å². The van der Waals surface area contributed by atoms with Crippen LogP contribution in [0, 0.1) is 20.8 Å². The summed E-state index contributed by atoms with van der Waals surface area (Å²) in [5.74, 6) is 0. The molecule has 3 rings (SSSR count). The third-order valence-corrected chi connectivity index (χ3v) is 5.72. The zero-order valence-electron chi connectivity index (χ0n) is 16.3. The van der Waals surface area contributed by atoms with E-state index in [0.717, 1.165) is 23.5 Å². The topological polar surface area (TPSA) is 9.23 Å². The van der Waals surface area contributed by atoms with E-state index in [0.29, 0.717) is 0 Å². The van der Waals surface area contributed by atoms with Crippen LogP contribution >= 0.6 is 0 Å². The van der Waals surface area contributed by atoms with Gasteiger partial charge in [0, 0.05) is 12.0 Å². The molecule has 1 nitrogen and oxygen atoms in total. The minimum Gasteiger partial charge on any atom is -0.428 e. The van der Waals surface area contributed by atoms with Crippen molar-refractivity contribution in [1.29, 1.82) is 0 Å². The van der Waals surface area contributed by atoms with Crippen molar-refractivity contribution in [3.63, 3.8) is 0 Å². The van der Waals surface area contributed by atoms with E-state index < -0.39 is 0 Å². The molecule has 0 aromatic heterocycles. The molecule has 0 aliphatic heterocycles. The zero-order valence-corrected chi connectivity index (χ0v) is 18.3. The highest BCUT2D eigenvalue weighted by Crippen LogP contribution is 2.42. The molecule has 3 aromatic carbocycles. The molecule has 0 amide bonds. The second kappa shape index (κ2) is 8.03. The van der Waals surface area contributed by atoms with E-state index in [1.54, 1.807) is 0 Å². The van der Waals surface area contributed by atoms with Gasteiger partial charge in [-0.2, -0.15) is 0 Å². The molecular weight excluding hydrogens is 332 g/mol. The summed E-state index contributed by atoms with van der Waals surface area (Å²) in [5, 5.41) is 0. The third-order valence-electron chi connectivity index (χ3n) is 5.31. The number of aryl methyl sites for hydroxylation is 3. The maximum atomic E-state index is 5.67. The predicted octanol–water partition coefficient (Wildman–Crippen LogP) is 4.63. The van der Waals surface area contributed by atoms with Crippen LogP contribution in [0.4, 0.5) is 0 Å². The number of hydrogen-bond acceptors (Lipinski definition) is 1. The van der Waals surface area contributed by atoms with Gasteiger partial charge in [0.05, 0.1) is 0 Å². The Balaban J connectivity index is 2.27. The molecule has 0 spiro atoms. The average Bonchev–Trinajstić information content (AvgIpc) is 2.66. The number of hydrogen-bond donors (Lipinski definition) is 0. The van der Waals surface area contributed by atoms with Crippen LogP contribution < -0.4 is 0 Å². The molecule has 0 saturated carbocycles. The minimum absolute atomic E-state index is 0.195. The van der Waals surface area contributed by atoms with Crippen LogP contribution in [-0.2, 0) is 9.84 Å². The summed E-state index contributed by atoms with van der Waals surface area (Å²) in [6.07, 6.45) is 0.936. The van der Waals surface area contributed by atoms with E-state index >= 15 is 0 Å². The maximum absolute atomic E-state index is 5.67. The zero-order chi connectivity index (χ0) is 18.6. The molecule has 26 heavy (non-hydrogen) atoms. The second-order valence-electron chi connectivity index (χ2n) is 7.25. The molecule has 0 radical (unpaired) electrons. The molecular formula is C24H28OSi. The third kappa shape index (κ3) is 3.67. The second-order valence-corrected chi connectivity index (χ2v) is 7.82. The minimum atomic E-state index is -0.195. The van der Waals surface area contributed by atoms with Crippen LogP contribution in [-0.4, -0.2) is 17.1 Å². The van der Waals surface area contributed by atoms with Crippen molar-refractivity contribution in [2.24, 2.45) is 0 Å². The normalized spacial score (nSPS) is 11.7. The monoisotopic (exact) mass is 360 g/mol. The molecule has 0 unspecified atom stereocenters. The van der Waals surface area contributed by atoms with Crippen molar-refractivity contribution in [1.82, 2.24) is 0 Å². The fourth-order valence-corrected chi connectivity index (χ4v) is 3.91. The fourth-order valence-electron chi connectivity index (χ4n) is 3.70. The van der Waals surface area contributed by atoms with E-state index in [-0.39, 0.29) is 5.41 Å². The van der Waals surface area contributed by atoms with Crippen molar-refractivity contribution in [3.05, 3.63) is 106 Å². The first kappa shape index (κ1) is 18.6. The van der Waals surface area contributed by atoms with Crippen molar-refractivity contribution in [3.8, 4) is 0 Å². The Kier molecular flexibility index (Phi) is 5.75. The lowest BCUT2D eigenvalue weighted by Crippen LogP contribution is -2.31. The lowest BCUT2D eigenvalue weighted by molar-refractivity contribution is 0.311. The summed E-state index contributed by atoms with van der Waals surface area (Å²) in [6.45, 7) is 7.19. The molecule has 0 aliphatic rings. The van der Waals surface area contributed by atoms with Gasteiger partial charge in [-0.05, 0) is 43.9 Å². The van der Waals surface area contributed by atoms with Gasteiger partial charge in [-0.1, -0.05) is 89.5 Å².